The Morgan fingerprint density at radius 2 is 1.84 bits per heavy atom. The topological polar surface area (TPSA) is 9.23 Å². The second-order valence-corrected chi connectivity index (χ2v) is 5.27. The summed E-state index contributed by atoms with van der Waals surface area (Å²) in [7, 11) is 1.61. The van der Waals surface area contributed by atoms with Crippen molar-refractivity contribution in [1.29, 1.82) is 0 Å². The number of hydrogen-bond donors (Lipinski definition) is 0. The molecular formula is C15H13BrF2O. The number of benzene rings is 2. The van der Waals surface area contributed by atoms with Gasteiger partial charge in [-0.1, -0.05) is 40.2 Å². The molecule has 0 saturated heterocycles. The number of hydrogen-bond acceptors (Lipinski definition) is 1. The van der Waals surface area contributed by atoms with E-state index < -0.39 is 11.6 Å². The molecule has 2 aromatic rings. The molecule has 0 fully saturated rings. The minimum Gasteiger partial charge on any atom is -0.496 e. The quantitative estimate of drug-likeness (QED) is 0.743. The van der Waals surface area contributed by atoms with E-state index in [4.69, 9.17) is 4.74 Å². The molecule has 0 bridgehead atoms. The van der Waals surface area contributed by atoms with Crippen molar-refractivity contribution in [2.45, 2.75) is 11.2 Å². The van der Waals surface area contributed by atoms with Gasteiger partial charge in [0.2, 0.25) is 0 Å². The summed E-state index contributed by atoms with van der Waals surface area (Å²) in [5, 5.41) is 0. The van der Waals surface area contributed by atoms with Crippen LogP contribution in [0, 0.1) is 11.6 Å². The maximum absolute atomic E-state index is 13.2. The Kier molecular flexibility index (Phi) is 4.53. The predicted molar refractivity (Wildman–Crippen MR) is 74.7 cm³/mol. The molecule has 0 aliphatic carbocycles. The molecule has 2 aromatic carbocycles. The van der Waals surface area contributed by atoms with Gasteiger partial charge in [-0.3, -0.25) is 0 Å². The number of alkyl halides is 1. The molecule has 0 radical (unpaired) electrons. The molecule has 2 rings (SSSR count). The highest BCUT2D eigenvalue weighted by Crippen LogP contribution is 2.33. The van der Waals surface area contributed by atoms with Crippen LogP contribution in [-0.4, -0.2) is 7.11 Å². The van der Waals surface area contributed by atoms with E-state index in [1.807, 2.05) is 24.3 Å². The van der Waals surface area contributed by atoms with Crippen molar-refractivity contribution < 1.29 is 13.5 Å². The van der Waals surface area contributed by atoms with E-state index in [9.17, 15) is 8.78 Å². The normalized spacial score (nSPS) is 12.2. The lowest BCUT2D eigenvalue weighted by atomic mass is 10.0. The lowest BCUT2D eigenvalue weighted by molar-refractivity contribution is 0.409. The molecule has 0 amide bonds. The Labute approximate surface area is 119 Å². The molecule has 19 heavy (non-hydrogen) atoms. The zero-order valence-electron chi connectivity index (χ0n) is 10.4. The van der Waals surface area contributed by atoms with Crippen molar-refractivity contribution in [3.05, 3.63) is 65.2 Å². The van der Waals surface area contributed by atoms with Crippen molar-refractivity contribution >= 4 is 15.9 Å². The monoisotopic (exact) mass is 326 g/mol. The van der Waals surface area contributed by atoms with E-state index in [1.165, 1.54) is 6.07 Å². The van der Waals surface area contributed by atoms with Crippen molar-refractivity contribution in [3.8, 4) is 5.75 Å². The number of rotatable bonds is 4. The second kappa shape index (κ2) is 6.15. The molecule has 0 N–H and O–H groups in total. The zero-order chi connectivity index (χ0) is 13.8. The maximum atomic E-state index is 13.2. The Bertz CT molecular complexity index is 572. The summed E-state index contributed by atoms with van der Waals surface area (Å²) in [5.74, 6) is -0.878. The van der Waals surface area contributed by atoms with Gasteiger partial charge in [0.15, 0.2) is 11.6 Å². The lowest BCUT2D eigenvalue weighted by Gasteiger charge is -2.14. The van der Waals surface area contributed by atoms with Crippen LogP contribution >= 0.6 is 15.9 Å². The Morgan fingerprint density at radius 1 is 1.11 bits per heavy atom. The molecule has 0 aromatic heterocycles. The minimum absolute atomic E-state index is 0.0199. The molecule has 0 aliphatic heterocycles. The number of halogens is 3. The maximum Gasteiger partial charge on any atom is 0.159 e. The van der Waals surface area contributed by atoms with E-state index in [2.05, 4.69) is 15.9 Å². The van der Waals surface area contributed by atoms with E-state index in [-0.39, 0.29) is 4.83 Å². The third-order valence-corrected chi connectivity index (χ3v) is 3.69. The van der Waals surface area contributed by atoms with Gasteiger partial charge in [0, 0.05) is 10.4 Å². The van der Waals surface area contributed by atoms with Gasteiger partial charge in [-0.05, 0) is 30.2 Å². The fourth-order valence-corrected chi connectivity index (χ4v) is 2.66. The van der Waals surface area contributed by atoms with Crippen LogP contribution in [0.2, 0.25) is 0 Å². The zero-order valence-corrected chi connectivity index (χ0v) is 12.0. The van der Waals surface area contributed by atoms with Gasteiger partial charge in [0.25, 0.3) is 0 Å². The van der Waals surface area contributed by atoms with E-state index >= 15 is 0 Å². The smallest absolute Gasteiger partial charge is 0.159 e. The van der Waals surface area contributed by atoms with Crippen LogP contribution < -0.4 is 4.74 Å². The highest BCUT2D eigenvalue weighted by Gasteiger charge is 2.14. The Morgan fingerprint density at radius 3 is 2.53 bits per heavy atom. The van der Waals surface area contributed by atoms with Gasteiger partial charge in [-0.2, -0.15) is 0 Å². The number of ether oxygens (including phenoxy) is 1. The molecule has 1 nitrogen and oxygen atoms in total. The van der Waals surface area contributed by atoms with Gasteiger partial charge in [0.05, 0.1) is 7.11 Å². The molecule has 0 saturated carbocycles. The number of methoxy groups -OCH3 is 1. The molecule has 4 heteroatoms. The molecule has 100 valence electrons. The summed E-state index contributed by atoms with van der Waals surface area (Å²) in [6, 6.07) is 11.6. The van der Waals surface area contributed by atoms with Crippen LogP contribution in [0.1, 0.15) is 16.0 Å². The van der Waals surface area contributed by atoms with Crippen molar-refractivity contribution in [1.82, 2.24) is 0 Å². The van der Waals surface area contributed by atoms with Crippen molar-refractivity contribution in [2.24, 2.45) is 0 Å². The van der Waals surface area contributed by atoms with Crippen LogP contribution in [0.15, 0.2) is 42.5 Å². The van der Waals surface area contributed by atoms with E-state index in [1.54, 1.807) is 13.2 Å². The first-order valence-electron chi connectivity index (χ1n) is 5.82. The van der Waals surface area contributed by atoms with Gasteiger partial charge < -0.3 is 4.74 Å². The average molecular weight is 327 g/mol. The molecule has 0 aliphatic rings. The fourth-order valence-electron chi connectivity index (χ4n) is 1.91. The molecule has 0 heterocycles. The predicted octanol–water partition coefficient (Wildman–Crippen LogP) is 4.65. The largest absolute Gasteiger partial charge is 0.496 e. The van der Waals surface area contributed by atoms with Crippen LogP contribution in [0.25, 0.3) is 0 Å². The third-order valence-electron chi connectivity index (χ3n) is 2.88. The van der Waals surface area contributed by atoms with Crippen LogP contribution in [0.3, 0.4) is 0 Å². The summed E-state index contributed by atoms with van der Waals surface area (Å²) in [6.45, 7) is 0. The van der Waals surface area contributed by atoms with Crippen molar-refractivity contribution in [3.63, 3.8) is 0 Å². The standard InChI is InChI=1S/C15H13BrF2O/c1-19-15-5-3-2-4-11(15)12(16)8-10-6-7-13(17)14(18)9-10/h2-7,9,12H,8H2,1H3. The third kappa shape index (κ3) is 3.32. The average Bonchev–Trinajstić information content (AvgIpc) is 2.43. The van der Waals surface area contributed by atoms with Gasteiger partial charge in [-0.15, -0.1) is 0 Å². The molecule has 1 unspecified atom stereocenters. The second-order valence-electron chi connectivity index (χ2n) is 4.16. The van der Waals surface area contributed by atoms with Crippen LogP contribution in [0.4, 0.5) is 8.78 Å². The van der Waals surface area contributed by atoms with Gasteiger partial charge >= 0.3 is 0 Å². The van der Waals surface area contributed by atoms with Crippen LogP contribution in [0.5, 0.6) is 5.75 Å². The highest BCUT2D eigenvalue weighted by molar-refractivity contribution is 9.09. The van der Waals surface area contributed by atoms with Crippen molar-refractivity contribution in [2.75, 3.05) is 7.11 Å². The first-order valence-corrected chi connectivity index (χ1v) is 6.74. The van der Waals surface area contributed by atoms with Crippen LogP contribution in [-0.2, 0) is 6.42 Å². The Balaban J connectivity index is 2.20. The number of para-hydroxylation sites is 1. The van der Waals surface area contributed by atoms with E-state index in [0.717, 1.165) is 22.9 Å². The fraction of sp³-hybridized carbons (Fsp3) is 0.200. The SMILES string of the molecule is COc1ccccc1C(Br)Cc1ccc(F)c(F)c1. The first kappa shape index (κ1) is 14.0. The highest BCUT2D eigenvalue weighted by atomic mass is 79.9. The first-order chi connectivity index (χ1) is 9.11. The molecule has 0 spiro atoms. The summed E-state index contributed by atoms with van der Waals surface area (Å²) in [5.41, 5.74) is 1.71. The summed E-state index contributed by atoms with van der Waals surface area (Å²) in [4.78, 5) is -0.0199. The summed E-state index contributed by atoms with van der Waals surface area (Å²) >= 11 is 3.56. The Hall–Kier alpha value is -1.42. The summed E-state index contributed by atoms with van der Waals surface area (Å²) in [6.07, 6.45) is 0.553. The van der Waals surface area contributed by atoms with Gasteiger partial charge in [0.1, 0.15) is 5.75 Å². The molecule has 1 atom stereocenters. The van der Waals surface area contributed by atoms with Gasteiger partial charge in [-0.25, -0.2) is 8.78 Å². The van der Waals surface area contributed by atoms with E-state index in [0.29, 0.717) is 6.42 Å². The minimum atomic E-state index is -0.827. The lowest BCUT2D eigenvalue weighted by Crippen LogP contribution is -1.99. The molecular weight excluding hydrogens is 314 g/mol. The summed E-state index contributed by atoms with van der Waals surface area (Å²) < 4.78 is 31.3.